The summed E-state index contributed by atoms with van der Waals surface area (Å²) in [4.78, 5) is 42.6. The number of fused-ring (bicyclic) bond motifs is 2. The van der Waals surface area contributed by atoms with Gasteiger partial charge in [-0.2, -0.15) is 5.26 Å². The van der Waals surface area contributed by atoms with Crippen molar-refractivity contribution in [1.29, 1.82) is 5.26 Å². The Morgan fingerprint density at radius 3 is 2.25 bits per heavy atom. The number of rotatable bonds is 4. The SMILES string of the molecule is Cc1nc(SCC(=O)Nc2ccc3c(c2)C(=O)c2ccccc2C3=O)c(C#N)c(C)c1C. The Morgan fingerprint density at radius 2 is 1.59 bits per heavy atom. The highest BCUT2D eigenvalue weighted by atomic mass is 32.2. The number of ketones is 2. The molecule has 1 N–H and O–H groups in total. The van der Waals surface area contributed by atoms with E-state index in [1.807, 2.05) is 20.8 Å². The molecule has 3 aromatic rings. The summed E-state index contributed by atoms with van der Waals surface area (Å²) in [5.74, 6) is -0.694. The molecule has 0 saturated heterocycles. The van der Waals surface area contributed by atoms with E-state index in [4.69, 9.17) is 0 Å². The van der Waals surface area contributed by atoms with Gasteiger partial charge in [0.05, 0.1) is 11.3 Å². The molecule has 2 aromatic carbocycles. The number of pyridine rings is 1. The topological polar surface area (TPSA) is 99.9 Å². The number of thioether (sulfide) groups is 1. The molecule has 1 aliphatic rings. The van der Waals surface area contributed by atoms with E-state index in [0.29, 0.717) is 33.0 Å². The van der Waals surface area contributed by atoms with Gasteiger partial charge >= 0.3 is 0 Å². The largest absolute Gasteiger partial charge is 0.325 e. The summed E-state index contributed by atoms with van der Waals surface area (Å²) in [7, 11) is 0. The van der Waals surface area contributed by atoms with Crippen LogP contribution in [0.1, 0.15) is 54.2 Å². The first kappa shape index (κ1) is 21.5. The molecule has 0 unspecified atom stereocenters. The first-order valence-electron chi connectivity index (χ1n) is 9.94. The van der Waals surface area contributed by atoms with Crippen molar-refractivity contribution in [3.05, 3.63) is 87.1 Å². The quantitative estimate of drug-likeness (QED) is 0.472. The van der Waals surface area contributed by atoms with E-state index in [2.05, 4.69) is 16.4 Å². The first-order chi connectivity index (χ1) is 15.3. The van der Waals surface area contributed by atoms with E-state index in [9.17, 15) is 19.6 Å². The Hall–Kier alpha value is -3.76. The highest BCUT2D eigenvalue weighted by Gasteiger charge is 2.29. The summed E-state index contributed by atoms with van der Waals surface area (Å²) in [6.07, 6.45) is 0. The number of hydrogen-bond acceptors (Lipinski definition) is 6. The third-order valence-electron chi connectivity index (χ3n) is 5.62. The third-order valence-corrected chi connectivity index (χ3v) is 6.60. The van der Waals surface area contributed by atoms with Crippen molar-refractivity contribution < 1.29 is 14.4 Å². The zero-order valence-corrected chi connectivity index (χ0v) is 18.6. The molecule has 1 aliphatic carbocycles. The molecule has 0 atom stereocenters. The number of aromatic nitrogens is 1. The predicted molar refractivity (Wildman–Crippen MR) is 122 cm³/mol. The predicted octanol–water partition coefficient (Wildman–Crippen LogP) is 4.38. The van der Waals surface area contributed by atoms with Crippen LogP contribution >= 0.6 is 11.8 Å². The number of nitrogens with zero attached hydrogens (tertiary/aromatic N) is 2. The summed E-state index contributed by atoms with van der Waals surface area (Å²) in [5, 5.41) is 12.8. The zero-order valence-electron chi connectivity index (χ0n) is 17.8. The van der Waals surface area contributed by atoms with Crippen molar-refractivity contribution in [2.75, 3.05) is 11.1 Å². The molecule has 0 aliphatic heterocycles. The van der Waals surface area contributed by atoms with Gasteiger partial charge in [-0.1, -0.05) is 36.0 Å². The van der Waals surface area contributed by atoms with E-state index in [1.165, 1.54) is 17.8 Å². The van der Waals surface area contributed by atoms with Crippen molar-refractivity contribution in [2.24, 2.45) is 0 Å². The fourth-order valence-electron chi connectivity index (χ4n) is 3.66. The average molecular weight is 442 g/mol. The number of carbonyl (C=O) groups is 3. The molecule has 6 nitrogen and oxygen atoms in total. The van der Waals surface area contributed by atoms with Gasteiger partial charge in [-0.15, -0.1) is 0 Å². The second kappa shape index (κ2) is 8.40. The third kappa shape index (κ3) is 3.70. The molecule has 0 radical (unpaired) electrons. The molecule has 0 fully saturated rings. The van der Waals surface area contributed by atoms with Crippen LogP contribution in [0.15, 0.2) is 47.5 Å². The maximum atomic E-state index is 12.9. The Labute approximate surface area is 189 Å². The summed E-state index contributed by atoms with van der Waals surface area (Å²) >= 11 is 1.19. The minimum atomic E-state index is -0.300. The number of anilines is 1. The molecular formula is C25H19N3O3S. The molecular weight excluding hydrogens is 422 g/mol. The fraction of sp³-hybridized carbons (Fsp3) is 0.160. The minimum Gasteiger partial charge on any atom is -0.325 e. The summed E-state index contributed by atoms with van der Waals surface area (Å²) in [6, 6.07) is 13.6. The smallest absolute Gasteiger partial charge is 0.234 e. The molecule has 4 rings (SSSR count). The van der Waals surface area contributed by atoms with Gasteiger partial charge in [-0.25, -0.2) is 4.98 Å². The van der Waals surface area contributed by atoms with Crippen molar-refractivity contribution in [3.8, 4) is 6.07 Å². The van der Waals surface area contributed by atoms with E-state index in [1.54, 1.807) is 36.4 Å². The van der Waals surface area contributed by atoms with E-state index in [0.717, 1.165) is 16.8 Å². The molecule has 158 valence electrons. The van der Waals surface area contributed by atoms with Gasteiger partial charge < -0.3 is 5.32 Å². The molecule has 1 aromatic heterocycles. The summed E-state index contributed by atoms with van der Waals surface area (Å²) in [5.41, 5.74) is 4.91. The highest BCUT2D eigenvalue weighted by molar-refractivity contribution is 8.00. The van der Waals surface area contributed by atoms with Crippen LogP contribution in [0.5, 0.6) is 0 Å². The van der Waals surface area contributed by atoms with Crippen LogP contribution < -0.4 is 5.32 Å². The van der Waals surface area contributed by atoms with Gasteiger partial charge in [0.15, 0.2) is 11.6 Å². The highest BCUT2D eigenvalue weighted by Crippen LogP contribution is 2.30. The average Bonchev–Trinajstić information content (AvgIpc) is 2.79. The number of benzene rings is 2. The Bertz CT molecular complexity index is 1360. The van der Waals surface area contributed by atoms with Crippen LogP contribution in [-0.4, -0.2) is 28.2 Å². The van der Waals surface area contributed by atoms with Crippen LogP contribution in [0.25, 0.3) is 0 Å². The summed E-state index contributed by atoms with van der Waals surface area (Å²) < 4.78 is 0. The Morgan fingerprint density at radius 1 is 0.969 bits per heavy atom. The van der Waals surface area contributed by atoms with Gasteiger partial charge in [-0.3, -0.25) is 14.4 Å². The second-order valence-corrected chi connectivity index (χ2v) is 8.50. The van der Waals surface area contributed by atoms with Crippen LogP contribution in [0, 0.1) is 32.1 Å². The van der Waals surface area contributed by atoms with Gasteiger partial charge in [0.25, 0.3) is 0 Å². The lowest BCUT2D eigenvalue weighted by Crippen LogP contribution is -2.21. The summed E-state index contributed by atoms with van der Waals surface area (Å²) in [6.45, 7) is 5.66. The second-order valence-electron chi connectivity index (χ2n) is 7.54. The van der Waals surface area contributed by atoms with Crippen molar-refractivity contribution in [3.63, 3.8) is 0 Å². The standard InChI is InChI=1S/C25H19N3O3S/c1-13-14(2)21(11-26)25(27-15(13)3)32-12-22(29)28-16-8-9-19-20(10-16)24(31)18-7-5-4-6-17(18)23(19)30/h4-10H,12H2,1-3H3,(H,28,29). The lowest BCUT2D eigenvalue weighted by Gasteiger charge is -2.18. The van der Waals surface area contributed by atoms with Crippen LogP contribution in [0.3, 0.4) is 0 Å². The van der Waals surface area contributed by atoms with Gasteiger partial charge in [0, 0.05) is 33.6 Å². The molecule has 1 amide bonds. The molecule has 7 heteroatoms. The van der Waals surface area contributed by atoms with Gasteiger partial charge in [-0.05, 0) is 50.1 Å². The van der Waals surface area contributed by atoms with Crippen molar-refractivity contribution in [2.45, 2.75) is 25.8 Å². The number of carbonyl (C=O) groups excluding carboxylic acids is 3. The molecule has 0 spiro atoms. The minimum absolute atomic E-state index is 0.0520. The van der Waals surface area contributed by atoms with Gasteiger partial charge in [0.1, 0.15) is 11.1 Å². The molecule has 1 heterocycles. The van der Waals surface area contributed by atoms with Crippen LogP contribution in [0.4, 0.5) is 5.69 Å². The normalized spacial score (nSPS) is 12.1. The molecule has 0 bridgehead atoms. The lowest BCUT2D eigenvalue weighted by atomic mass is 9.84. The van der Waals surface area contributed by atoms with Crippen molar-refractivity contribution in [1.82, 2.24) is 4.98 Å². The molecule has 0 saturated carbocycles. The van der Waals surface area contributed by atoms with Crippen molar-refractivity contribution >= 4 is 34.9 Å². The van der Waals surface area contributed by atoms with Crippen LogP contribution in [-0.2, 0) is 4.79 Å². The Balaban J connectivity index is 1.52. The number of nitriles is 1. The van der Waals surface area contributed by atoms with E-state index in [-0.39, 0.29) is 28.8 Å². The fourth-order valence-corrected chi connectivity index (χ4v) is 4.54. The Kier molecular flexibility index (Phi) is 5.64. The maximum Gasteiger partial charge on any atom is 0.234 e. The zero-order chi connectivity index (χ0) is 23.0. The number of hydrogen-bond donors (Lipinski definition) is 1. The number of aryl methyl sites for hydroxylation is 1. The van der Waals surface area contributed by atoms with Crippen LogP contribution in [0.2, 0.25) is 0 Å². The lowest BCUT2D eigenvalue weighted by molar-refractivity contribution is -0.113. The first-order valence-corrected chi connectivity index (χ1v) is 10.9. The van der Waals surface area contributed by atoms with E-state index < -0.39 is 0 Å². The number of amides is 1. The van der Waals surface area contributed by atoms with Gasteiger partial charge in [0.2, 0.25) is 5.91 Å². The van der Waals surface area contributed by atoms with E-state index >= 15 is 0 Å². The molecule has 32 heavy (non-hydrogen) atoms. The number of nitrogens with one attached hydrogen (secondary N) is 1. The maximum absolute atomic E-state index is 12.9. The monoisotopic (exact) mass is 441 g/mol.